The smallest absolute Gasteiger partial charge is 0.315 e. The molecule has 0 radical (unpaired) electrons. The molecule has 0 aliphatic carbocycles. The van der Waals surface area contributed by atoms with Gasteiger partial charge in [0.25, 0.3) is 0 Å². The van der Waals surface area contributed by atoms with Crippen LogP contribution in [-0.4, -0.2) is 59.7 Å². The molecule has 3 heterocycles. The predicted molar refractivity (Wildman–Crippen MR) is 105 cm³/mol. The third-order valence-electron chi connectivity index (χ3n) is 4.95. The van der Waals surface area contributed by atoms with Crippen molar-refractivity contribution in [3.63, 3.8) is 0 Å². The number of carbonyl (C=O) groups excluding carboxylic acids is 2. The predicted octanol–water partition coefficient (Wildman–Crippen LogP) is 0.568. The van der Waals surface area contributed by atoms with Gasteiger partial charge in [0.15, 0.2) is 0 Å². The molecule has 0 bridgehead atoms. The monoisotopic (exact) mass is 406 g/mol. The van der Waals surface area contributed by atoms with Crippen molar-refractivity contribution in [1.82, 2.24) is 14.7 Å². The van der Waals surface area contributed by atoms with Crippen LogP contribution in [-0.2, 0) is 21.1 Å². The maximum Gasteiger partial charge on any atom is 0.315 e. The van der Waals surface area contributed by atoms with Gasteiger partial charge in [0, 0.05) is 22.1 Å². The number of amides is 2. The first-order valence-corrected chi connectivity index (χ1v) is 10.4. The molecule has 7 nitrogen and oxygen atoms in total. The number of nitrogens with zero attached hydrogens (tertiary/aromatic N) is 3. The second-order valence-electron chi connectivity index (χ2n) is 6.86. The van der Waals surface area contributed by atoms with E-state index in [0.717, 1.165) is 41.5 Å². The molecule has 0 unspecified atom stereocenters. The maximum absolute atomic E-state index is 12.7. The number of rotatable bonds is 2. The van der Waals surface area contributed by atoms with Gasteiger partial charge in [0.05, 0.1) is 44.6 Å². The Morgan fingerprint density at radius 2 is 1.89 bits per heavy atom. The Bertz CT molecular complexity index is 875. The van der Waals surface area contributed by atoms with Crippen LogP contribution in [0.3, 0.4) is 0 Å². The lowest BCUT2D eigenvalue weighted by Crippen LogP contribution is -3.12. The summed E-state index contributed by atoms with van der Waals surface area (Å²) in [4.78, 5) is 28.2. The second-order valence-corrected chi connectivity index (χ2v) is 8.28. The number of hydrogen-bond donors (Lipinski definition) is 2. The number of aromatic nitrogens is 2. The molecule has 0 saturated carbocycles. The van der Waals surface area contributed by atoms with Crippen molar-refractivity contribution < 1.29 is 14.5 Å². The molecule has 1 aromatic carbocycles. The summed E-state index contributed by atoms with van der Waals surface area (Å²) in [6.07, 6.45) is 0. The number of anilines is 1. The van der Waals surface area contributed by atoms with Gasteiger partial charge >= 0.3 is 11.8 Å². The summed E-state index contributed by atoms with van der Waals surface area (Å²) in [5, 5.41) is 8.10. The Morgan fingerprint density at radius 1 is 1.19 bits per heavy atom. The molecular weight excluding hydrogens is 386 g/mol. The standard InChI is InChI=1S/C18H20ClN5O2S/c1-22-6-8-23(9-7-22)18(26)17(25)20-16-14-10-27-11-15(14)21-24(16)13-4-2-12(19)3-5-13/h2-5H,6-11H2,1H3,(H,20,25)/p+1. The Labute approximate surface area is 166 Å². The van der Waals surface area contributed by atoms with E-state index in [2.05, 4.69) is 17.5 Å². The van der Waals surface area contributed by atoms with Crippen LogP contribution in [0.2, 0.25) is 5.02 Å². The SMILES string of the molecule is C[NH+]1CCN(C(=O)C(=O)Nc2c3c(nn2-c2ccc(Cl)cc2)CSC3)CC1. The average molecular weight is 407 g/mol. The van der Waals surface area contributed by atoms with Gasteiger partial charge in [-0.3, -0.25) is 9.59 Å². The van der Waals surface area contributed by atoms with Gasteiger partial charge in [-0.25, -0.2) is 4.68 Å². The molecule has 2 aromatic rings. The second kappa shape index (κ2) is 7.53. The van der Waals surface area contributed by atoms with Crippen LogP contribution in [0.15, 0.2) is 24.3 Å². The first-order valence-electron chi connectivity index (χ1n) is 8.89. The summed E-state index contributed by atoms with van der Waals surface area (Å²) >= 11 is 7.73. The largest absolute Gasteiger partial charge is 0.334 e. The number of piperazine rings is 1. The number of halogens is 1. The Balaban J connectivity index is 1.58. The van der Waals surface area contributed by atoms with Gasteiger partial charge in [-0.1, -0.05) is 11.6 Å². The molecule has 2 amide bonds. The molecule has 1 saturated heterocycles. The van der Waals surface area contributed by atoms with E-state index in [1.165, 1.54) is 4.90 Å². The molecule has 2 aliphatic heterocycles. The van der Waals surface area contributed by atoms with E-state index in [4.69, 9.17) is 11.6 Å². The van der Waals surface area contributed by atoms with E-state index in [1.807, 2.05) is 12.1 Å². The van der Waals surface area contributed by atoms with Gasteiger partial charge in [0.1, 0.15) is 5.82 Å². The highest BCUT2D eigenvalue weighted by molar-refractivity contribution is 7.98. The molecule has 0 atom stereocenters. The van der Waals surface area contributed by atoms with Crippen molar-refractivity contribution >= 4 is 41.0 Å². The molecule has 2 aliphatic rings. The zero-order valence-corrected chi connectivity index (χ0v) is 16.6. The average Bonchev–Trinajstić information content (AvgIpc) is 3.25. The zero-order chi connectivity index (χ0) is 19.0. The molecule has 2 N–H and O–H groups in total. The van der Waals surface area contributed by atoms with Crippen molar-refractivity contribution in [1.29, 1.82) is 0 Å². The number of thioether (sulfide) groups is 1. The number of carbonyl (C=O) groups is 2. The van der Waals surface area contributed by atoms with Gasteiger partial charge in [-0.2, -0.15) is 16.9 Å². The van der Waals surface area contributed by atoms with Crippen LogP contribution >= 0.6 is 23.4 Å². The minimum atomic E-state index is -0.607. The van der Waals surface area contributed by atoms with Crippen molar-refractivity contribution in [3.8, 4) is 5.69 Å². The molecule has 0 spiro atoms. The topological polar surface area (TPSA) is 71.7 Å². The van der Waals surface area contributed by atoms with Crippen LogP contribution in [0.4, 0.5) is 5.82 Å². The Morgan fingerprint density at radius 3 is 2.59 bits per heavy atom. The zero-order valence-electron chi connectivity index (χ0n) is 15.0. The third-order valence-corrected chi connectivity index (χ3v) is 6.18. The Hall–Kier alpha value is -2.03. The highest BCUT2D eigenvalue weighted by Gasteiger charge is 2.30. The fraction of sp³-hybridized carbons (Fsp3) is 0.389. The van der Waals surface area contributed by atoms with Crippen molar-refractivity contribution in [2.24, 2.45) is 0 Å². The normalized spacial score (nSPS) is 17.0. The highest BCUT2D eigenvalue weighted by atomic mass is 35.5. The molecule has 1 aromatic heterocycles. The summed E-state index contributed by atoms with van der Waals surface area (Å²) in [6.45, 7) is 2.91. The summed E-state index contributed by atoms with van der Waals surface area (Å²) in [7, 11) is 2.09. The van der Waals surface area contributed by atoms with E-state index in [9.17, 15) is 9.59 Å². The van der Waals surface area contributed by atoms with Gasteiger partial charge in [0.2, 0.25) is 0 Å². The van der Waals surface area contributed by atoms with E-state index in [1.54, 1.807) is 33.5 Å². The van der Waals surface area contributed by atoms with Crippen LogP contribution in [0.5, 0.6) is 0 Å². The summed E-state index contributed by atoms with van der Waals surface area (Å²) < 4.78 is 1.69. The number of quaternary nitrogens is 1. The molecule has 27 heavy (non-hydrogen) atoms. The fourth-order valence-corrected chi connectivity index (χ4v) is 4.47. The van der Waals surface area contributed by atoms with E-state index in [0.29, 0.717) is 23.9 Å². The van der Waals surface area contributed by atoms with Gasteiger partial charge in [-0.05, 0) is 24.3 Å². The molecule has 1 fully saturated rings. The lowest BCUT2D eigenvalue weighted by Gasteiger charge is -2.29. The lowest BCUT2D eigenvalue weighted by molar-refractivity contribution is -0.883. The van der Waals surface area contributed by atoms with Crippen molar-refractivity contribution in [2.75, 3.05) is 38.5 Å². The maximum atomic E-state index is 12.7. The summed E-state index contributed by atoms with van der Waals surface area (Å²) in [6, 6.07) is 7.25. The molecular formula is C18H21ClN5O2S+. The van der Waals surface area contributed by atoms with Crippen LogP contribution in [0.1, 0.15) is 11.3 Å². The number of benzene rings is 1. The number of hydrogen-bond acceptors (Lipinski definition) is 4. The van der Waals surface area contributed by atoms with Gasteiger partial charge in [-0.15, -0.1) is 0 Å². The van der Waals surface area contributed by atoms with Crippen LogP contribution in [0.25, 0.3) is 5.69 Å². The summed E-state index contributed by atoms with van der Waals surface area (Å²) in [5.74, 6) is 1.06. The minimum absolute atomic E-state index is 0.481. The Kier molecular flexibility index (Phi) is 5.12. The van der Waals surface area contributed by atoms with E-state index in [-0.39, 0.29) is 0 Å². The first-order chi connectivity index (χ1) is 13.0. The van der Waals surface area contributed by atoms with Crippen molar-refractivity contribution in [2.45, 2.75) is 11.5 Å². The number of likely N-dealkylation sites (N-methyl/N-ethyl adjacent to an activating group) is 1. The first kappa shape index (κ1) is 18.3. The quantitative estimate of drug-likeness (QED) is 0.715. The molecule has 4 rings (SSSR count). The van der Waals surface area contributed by atoms with Crippen LogP contribution in [0, 0.1) is 0 Å². The summed E-state index contributed by atoms with van der Waals surface area (Å²) in [5.41, 5.74) is 2.73. The van der Waals surface area contributed by atoms with E-state index < -0.39 is 11.8 Å². The lowest BCUT2D eigenvalue weighted by atomic mass is 10.2. The molecule has 9 heteroatoms. The number of nitrogens with one attached hydrogen (secondary N) is 2. The number of fused-ring (bicyclic) bond motifs is 1. The van der Waals surface area contributed by atoms with Crippen LogP contribution < -0.4 is 10.2 Å². The minimum Gasteiger partial charge on any atom is -0.334 e. The molecule has 142 valence electrons. The van der Waals surface area contributed by atoms with Gasteiger partial charge < -0.3 is 15.1 Å². The van der Waals surface area contributed by atoms with E-state index >= 15 is 0 Å². The van der Waals surface area contributed by atoms with Crippen molar-refractivity contribution in [3.05, 3.63) is 40.5 Å². The fourth-order valence-electron chi connectivity index (χ4n) is 3.31. The highest BCUT2D eigenvalue weighted by Crippen LogP contribution is 2.36. The third kappa shape index (κ3) is 3.69.